The Morgan fingerprint density at radius 3 is 2.58 bits per heavy atom. The number of aromatic nitrogens is 1. The largest absolute Gasteiger partial charge is 0.496 e. The van der Waals surface area contributed by atoms with Gasteiger partial charge >= 0.3 is 0 Å². The molecule has 0 amide bonds. The van der Waals surface area contributed by atoms with E-state index in [4.69, 9.17) is 32.7 Å². The van der Waals surface area contributed by atoms with E-state index in [-0.39, 0.29) is 5.43 Å². The lowest BCUT2D eigenvalue weighted by atomic mass is 10.0. The number of ether oxygens (including phenoxy) is 2. The molecule has 3 aromatic rings. The number of pyridine rings is 1. The molecule has 6 heteroatoms. The van der Waals surface area contributed by atoms with Crippen LogP contribution in [0.5, 0.6) is 11.5 Å². The first-order valence-electron chi connectivity index (χ1n) is 8.39. The molecule has 1 N–H and O–H groups in total. The van der Waals surface area contributed by atoms with Gasteiger partial charge in [-0.05, 0) is 43.0 Å². The maximum absolute atomic E-state index is 13.2. The van der Waals surface area contributed by atoms with Crippen LogP contribution in [-0.4, -0.2) is 18.7 Å². The van der Waals surface area contributed by atoms with E-state index >= 15 is 0 Å². The lowest BCUT2D eigenvalue weighted by Crippen LogP contribution is -2.10. The molecule has 4 nitrogen and oxygen atoms in total. The van der Waals surface area contributed by atoms with Crippen LogP contribution in [0.4, 0.5) is 0 Å². The molecule has 0 unspecified atom stereocenters. The Kier molecular flexibility index (Phi) is 4.55. The number of fused-ring (bicyclic) bond motifs is 1. The first kappa shape index (κ1) is 17.3. The van der Waals surface area contributed by atoms with Gasteiger partial charge in [0.25, 0.3) is 0 Å². The van der Waals surface area contributed by atoms with Gasteiger partial charge in [0.15, 0.2) is 0 Å². The summed E-state index contributed by atoms with van der Waals surface area (Å²) in [5.74, 6) is 1.76. The summed E-state index contributed by atoms with van der Waals surface area (Å²) >= 11 is 12.3. The van der Waals surface area contributed by atoms with Gasteiger partial charge in [0.1, 0.15) is 11.5 Å². The number of hydrogen-bond acceptors (Lipinski definition) is 3. The molecule has 1 heterocycles. The lowest BCUT2D eigenvalue weighted by Gasteiger charge is -2.13. The van der Waals surface area contributed by atoms with Crippen molar-refractivity contribution in [1.29, 1.82) is 0 Å². The van der Waals surface area contributed by atoms with E-state index in [9.17, 15) is 4.79 Å². The summed E-state index contributed by atoms with van der Waals surface area (Å²) in [5.41, 5.74) is 1.53. The van der Waals surface area contributed by atoms with Crippen molar-refractivity contribution in [2.24, 2.45) is 5.92 Å². The minimum atomic E-state index is -0.170. The Balaban J connectivity index is 1.89. The zero-order valence-corrected chi connectivity index (χ0v) is 15.7. The monoisotopic (exact) mass is 389 g/mol. The molecule has 0 atom stereocenters. The summed E-state index contributed by atoms with van der Waals surface area (Å²) in [6.07, 6.45) is 4.05. The highest BCUT2D eigenvalue weighted by molar-refractivity contribution is 6.36. The van der Waals surface area contributed by atoms with E-state index in [1.807, 2.05) is 6.07 Å². The van der Waals surface area contributed by atoms with Crippen molar-refractivity contribution in [3.8, 4) is 22.6 Å². The molecule has 0 saturated heterocycles. The highest BCUT2D eigenvalue weighted by atomic mass is 35.5. The van der Waals surface area contributed by atoms with Gasteiger partial charge in [-0.15, -0.1) is 0 Å². The van der Waals surface area contributed by atoms with E-state index in [1.54, 1.807) is 37.6 Å². The molecule has 0 radical (unpaired) electrons. The van der Waals surface area contributed by atoms with Gasteiger partial charge in [0.05, 0.1) is 29.6 Å². The Morgan fingerprint density at radius 1 is 1.12 bits per heavy atom. The SMILES string of the molecule is COc1ccc(OCC2CC2)c2[nH]cc(-c3ccc(Cl)cc3Cl)c(=O)c12. The molecule has 0 aliphatic heterocycles. The maximum Gasteiger partial charge on any atom is 0.201 e. The fraction of sp³-hybridized carbons (Fsp3) is 0.250. The number of halogens is 2. The van der Waals surface area contributed by atoms with Crippen molar-refractivity contribution < 1.29 is 9.47 Å². The predicted octanol–water partition coefficient (Wildman–Crippen LogP) is 5.30. The fourth-order valence-electron chi connectivity index (χ4n) is 2.97. The first-order chi connectivity index (χ1) is 12.6. The zero-order chi connectivity index (χ0) is 18.3. The summed E-state index contributed by atoms with van der Waals surface area (Å²) in [7, 11) is 1.54. The standard InChI is InChI=1S/C20H17Cl2NO3/c1-25-16-6-7-17(26-10-11-2-3-11)19-18(16)20(24)14(9-23-19)13-5-4-12(21)8-15(13)22/h4-9,11H,2-3,10H2,1H3,(H,23,24). The minimum absolute atomic E-state index is 0.170. The Labute approximate surface area is 160 Å². The van der Waals surface area contributed by atoms with Gasteiger partial charge in [-0.25, -0.2) is 0 Å². The number of benzene rings is 2. The molecular weight excluding hydrogens is 373 g/mol. The van der Waals surface area contributed by atoms with Crippen LogP contribution in [0.15, 0.2) is 41.3 Å². The number of methoxy groups -OCH3 is 1. The average Bonchev–Trinajstić information content (AvgIpc) is 3.45. The summed E-state index contributed by atoms with van der Waals surface area (Å²) < 4.78 is 11.3. The third-order valence-corrected chi connectivity index (χ3v) is 5.12. The van der Waals surface area contributed by atoms with Crippen molar-refractivity contribution in [1.82, 2.24) is 4.98 Å². The van der Waals surface area contributed by atoms with E-state index in [0.29, 0.717) is 56.1 Å². The second kappa shape index (κ2) is 6.86. The van der Waals surface area contributed by atoms with Gasteiger partial charge in [0, 0.05) is 22.3 Å². The molecule has 26 heavy (non-hydrogen) atoms. The average molecular weight is 390 g/mol. The zero-order valence-electron chi connectivity index (χ0n) is 14.1. The van der Waals surface area contributed by atoms with Crippen LogP contribution in [0.1, 0.15) is 12.8 Å². The third kappa shape index (κ3) is 3.15. The molecule has 1 fully saturated rings. The lowest BCUT2D eigenvalue weighted by molar-refractivity contribution is 0.302. The van der Waals surface area contributed by atoms with Gasteiger partial charge in [-0.1, -0.05) is 29.3 Å². The Morgan fingerprint density at radius 2 is 1.88 bits per heavy atom. The van der Waals surface area contributed by atoms with Crippen LogP contribution < -0.4 is 14.9 Å². The number of hydrogen-bond donors (Lipinski definition) is 1. The summed E-state index contributed by atoms with van der Waals surface area (Å²) in [4.78, 5) is 16.4. The molecule has 134 valence electrons. The fourth-order valence-corrected chi connectivity index (χ4v) is 3.48. The molecule has 2 aromatic carbocycles. The van der Waals surface area contributed by atoms with Crippen LogP contribution in [0.25, 0.3) is 22.0 Å². The van der Waals surface area contributed by atoms with Crippen molar-refractivity contribution in [2.45, 2.75) is 12.8 Å². The van der Waals surface area contributed by atoms with Gasteiger partial charge in [-0.2, -0.15) is 0 Å². The van der Waals surface area contributed by atoms with E-state index in [1.165, 1.54) is 12.8 Å². The van der Waals surface area contributed by atoms with E-state index in [0.717, 1.165) is 0 Å². The van der Waals surface area contributed by atoms with Crippen molar-refractivity contribution >= 4 is 34.1 Å². The maximum atomic E-state index is 13.2. The second-order valence-electron chi connectivity index (χ2n) is 6.43. The molecule has 4 rings (SSSR count). The third-order valence-electron chi connectivity index (χ3n) is 4.57. The van der Waals surface area contributed by atoms with Crippen molar-refractivity contribution in [2.75, 3.05) is 13.7 Å². The predicted molar refractivity (Wildman–Crippen MR) is 105 cm³/mol. The van der Waals surface area contributed by atoms with E-state index < -0.39 is 0 Å². The summed E-state index contributed by atoms with van der Waals surface area (Å²) in [6.45, 7) is 0.661. The molecule has 0 bridgehead atoms. The molecule has 1 saturated carbocycles. The van der Waals surface area contributed by atoms with Gasteiger partial charge in [0.2, 0.25) is 5.43 Å². The summed E-state index contributed by atoms with van der Waals surface area (Å²) in [6, 6.07) is 8.65. The topological polar surface area (TPSA) is 51.3 Å². The van der Waals surface area contributed by atoms with Crippen LogP contribution >= 0.6 is 23.2 Å². The normalized spacial score (nSPS) is 13.8. The van der Waals surface area contributed by atoms with Crippen molar-refractivity contribution in [3.05, 3.63) is 56.8 Å². The molecule has 1 aromatic heterocycles. The van der Waals surface area contributed by atoms with Crippen LogP contribution in [0, 0.1) is 5.92 Å². The molecule has 1 aliphatic rings. The van der Waals surface area contributed by atoms with Gasteiger partial charge < -0.3 is 14.5 Å². The number of H-pyrrole nitrogens is 1. The number of rotatable bonds is 5. The number of aromatic amines is 1. The van der Waals surface area contributed by atoms with Crippen LogP contribution in [-0.2, 0) is 0 Å². The second-order valence-corrected chi connectivity index (χ2v) is 7.27. The summed E-state index contributed by atoms with van der Waals surface area (Å²) in [5, 5.41) is 1.39. The quantitative estimate of drug-likeness (QED) is 0.643. The van der Waals surface area contributed by atoms with Gasteiger partial charge in [-0.3, -0.25) is 4.79 Å². The smallest absolute Gasteiger partial charge is 0.201 e. The van der Waals surface area contributed by atoms with Crippen LogP contribution in [0.3, 0.4) is 0 Å². The molecule has 0 spiro atoms. The number of nitrogens with one attached hydrogen (secondary N) is 1. The molecular formula is C20H17Cl2NO3. The first-order valence-corrected chi connectivity index (χ1v) is 9.14. The molecule has 1 aliphatic carbocycles. The minimum Gasteiger partial charge on any atom is -0.496 e. The Bertz CT molecular complexity index is 1040. The highest BCUT2D eigenvalue weighted by Crippen LogP contribution is 2.35. The Hall–Kier alpha value is -2.17. The highest BCUT2D eigenvalue weighted by Gasteiger charge is 2.23. The van der Waals surface area contributed by atoms with Crippen molar-refractivity contribution in [3.63, 3.8) is 0 Å². The van der Waals surface area contributed by atoms with Crippen LogP contribution in [0.2, 0.25) is 10.0 Å². The van der Waals surface area contributed by atoms with E-state index in [2.05, 4.69) is 4.98 Å².